The molecule has 1 aliphatic rings. The molecule has 0 saturated carbocycles. The normalized spacial score (nSPS) is 13.3. The van der Waals surface area contributed by atoms with Crippen molar-refractivity contribution in [1.29, 1.82) is 0 Å². The Morgan fingerprint density at radius 1 is 1.26 bits per heavy atom. The first-order valence-corrected chi connectivity index (χ1v) is 8.63. The first kappa shape index (κ1) is 20.2. The van der Waals surface area contributed by atoms with Crippen molar-refractivity contribution in [3.8, 4) is 5.75 Å². The van der Waals surface area contributed by atoms with Gasteiger partial charge in [-0.25, -0.2) is 4.79 Å². The third-order valence-corrected chi connectivity index (χ3v) is 3.97. The first-order valence-electron chi connectivity index (χ1n) is 8.63. The number of nitrogens with one attached hydrogen (secondary N) is 2. The summed E-state index contributed by atoms with van der Waals surface area (Å²) in [6.45, 7) is 0.153. The number of hydrogen-bond acceptors (Lipinski definition) is 6. The Morgan fingerprint density at radius 3 is 2.74 bits per heavy atom. The molecule has 1 aromatic carbocycles. The second-order valence-corrected chi connectivity index (χ2v) is 5.88. The van der Waals surface area contributed by atoms with E-state index >= 15 is 0 Å². The van der Waals surface area contributed by atoms with Gasteiger partial charge in [0.1, 0.15) is 5.75 Å². The van der Waals surface area contributed by atoms with Gasteiger partial charge in [-0.2, -0.15) is 0 Å². The van der Waals surface area contributed by atoms with E-state index in [1.54, 1.807) is 7.11 Å². The molecule has 0 aliphatic carbocycles. The third-order valence-electron chi connectivity index (χ3n) is 3.97. The van der Waals surface area contributed by atoms with Crippen LogP contribution in [0.25, 0.3) is 0 Å². The Hall–Kier alpha value is -3.10. The molecule has 0 unspecified atom stereocenters. The zero-order valence-corrected chi connectivity index (χ0v) is 15.2. The number of ether oxygens (including phenoxy) is 2. The summed E-state index contributed by atoms with van der Waals surface area (Å²) in [6.07, 6.45) is 0.897. The number of methoxy groups -OCH3 is 1. The average Bonchev–Trinajstić information content (AvgIpc) is 2.98. The Kier molecular flexibility index (Phi) is 7.60. The SMILES string of the molecule is COc1ccccc1CCNC(=O)COC(=O)CCCN1C(=O)CNC1=O. The molecular weight excluding hydrogens is 354 g/mol. The molecule has 0 bridgehead atoms. The van der Waals surface area contributed by atoms with Gasteiger partial charge in [0.05, 0.1) is 13.7 Å². The lowest BCUT2D eigenvalue weighted by Crippen LogP contribution is -2.32. The molecule has 0 radical (unpaired) electrons. The fraction of sp³-hybridized carbons (Fsp3) is 0.444. The van der Waals surface area contributed by atoms with Crippen LogP contribution >= 0.6 is 0 Å². The van der Waals surface area contributed by atoms with E-state index < -0.39 is 17.9 Å². The highest BCUT2D eigenvalue weighted by molar-refractivity contribution is 6.01. The van der Waals surface area contributed by atoms with Gasteiger partial charge in [-0.3, -0.25) is 19.3 Å². The van der Waals surface area contributed by atoms with Gasteiger partial charge in [0.2, 0.25) is 5.91 Å². The van der Waals surface area contributed by atoms with E-state index in [-0.39, 0.29) is 38.4 Å². The highest BCUT2D eigenvalue weighted by Gasteiger charge is 2.27. The van der Waals surface area contributed by atoms with Crippen LogP contribution in [-0.2, 0) is 25.5 Å². The maximum atomic E-state index is 11.7. The van der Waals surface area contributed by atoms with Gasteiger partial charge in [-0.05, 0) is 24.5 Å². The monoisotopic (exact) mass is 377 g/mol. The Bertz CT molecular complexity index is 690. The topological polar surface area (TPSA) is 114 Å². The molecular formula is C18H23N3O6. The summed E-state index contributed by atoms with van der Waals surface area (Å²) in [7, 11) is 1.59. The molecule has 0 aromatic heterocycles. The van der Waals surface area contributed by atoms with Crippen LogP contribution in [0.5, 0.6) is 5.75 Å². The standard InChI is InChI=1S/C18H23N3O6/c1-26-14-6-3-2-5-13(14)8-9-19-15(22)12-27-17(24)7-4-10-21-16(23)11-20-18(21)25/h2-3,5-6H,4,7-12H2,1H3,(H,19,22)(H,20,25). The smallest absolute Gasteiger partial charge is 0.324 e. The van der Waals surface area contributed by atoms with E-state index in [2.05, 4.69) is 10.6 Å². The summed E-state index contributed by atoms with van der Waals surface area (Å²) < 4.78 is 10.1. The molecule has 1 saturated heterocycles. The molecule has 4 amide bonds. The molecule has 2 N–H and O–H groups in total. The molecule has 146 valence electrons. The van der Waals surface area contributed by atoms with E-state index in [4.69, 9.17) is 9.47 Å². The second kappa shape index (κ2) is 10.1. The van der Waals surface area contributed by atoms with Gasteiger partial charge in [-0.1, -0.05) is 18.2 Å². The second-order valence-electron chi connectivity index (χ2n) is 5.88. The minimum atomic E-state index is -0.554. The van der Waals surface area contributed by atoms with Crippen LogP contribution < -0.4 is 15.4 Å². The van der Waals surface area contributed by atoms with Crippen LogP contribution in [0.3, 0.4) is 0 Å². The number of urea groups is 1. The first-order chi connectivity index (χ1) is 13.0. The summed E-state index contributed by atoms with van der Waals surface area (Å²) >= 11 is 0. The molecule has 0 spiro atoms. The molecule has 0 atom stereocenters. The molecule has 9 heteroatoms. The van der Waals surface area contributed by atoms with Crippen LogP contribution in [0.2, 0.25) is 0 Å². The summed E-state index contributed by atoms with van der Waals surface area (Å²) in [5.41, 5.74) is 0.970. The minimum absolute atomic E-state index is 0.0156. The quantitative estimate of drug-likeness (QED) is 0.446. The van der Waals surface area contributed by atoms with E-state index in [9.17, 15) is 19.2 Å². The van der Waals surface area contributed by atoms with Crippen molar-refractivity contribution in [1.82, 2.24) is 15.5 Å². The van der Waals surface area contributed by atoms with E-state index in [0.29, 0.717) is 13.0 Å². The maximum absolute atomic E-state index is 11.7. The van der Waals surface area contributed by atoms with Crippen LogP contribution in [0.15, 0.2) is 24.3 Å². The van der Waals surface area contributed by atoms with Gasteiger partial charge in [0.25, 0.3) is 5.91 Å². The van der Waals surface area contributed by atoms with Crippen LogP contribution in [0.1, 0.15) is 18.4 Å². The third kappa shape index (κ3) is 6.28. The van der Waals surface area contributed by atoms with Crippen molar-refractivity contribution in [2.45, 2.75) is 19.3 Å². The summed E-state index contributed by atoms with van der Waals surface area (Å²) in [4.78, 5) is 47.1. The van der Waals surface area contributed by atoms with Crippen molar-refractivity contribution >= 4 is 23.8 Å². The molecule has 1 fully saturated rings. The minimum Gasteiger partial charge on any atom is -0.496 e. The van der Waals surface area contributed by atoms with Crippen molar-refractivity contribution < 1.29 is 28.7 Å². The van der Waals surface area contributed by atoms with Crippen LogP contribution in [0.4, 0.5) is 4.79 Å². The number of nitrogens with zero attached hydrogens (tertiary/aromatic N) is 1. The molecule has 1 heterocycles. The number of benzene rings is 1. The zero-order valence-electron chi connectivity index (χ0n) is 15.2. The van der Waals surface area contributed by atoms with E-state index in [0.717, 1.165) is 16.2 Å². The number of esters is 1. The molecule has 1 aromatic rings. The summed E-state index contributed by atoms with van der Waals surface area (Å²) in [6, 6.07) is 7.06. The Labute approximate surface area is 157 Å². The fourth-order valence-electron chi connectivity index (χ4n) is 2.58. The number of carbonyl (C=O) groups excluding carboxylic acids is 4. The Morgan fingerprint density at radius 2 is 2.04 bits per heavy atom. The average molecular weight is 377 g/mol. The van der Waals surface area contributed by atoms with Crippen molar-refractivity contribution in [3.63, 3.8) is 0 Å². The lowest BCUT2D eigenvalue weighted by atomic mass is 10.1. The fourth-order valence-corrected chi connectivity index (χ4v) is 2.58. The predicted octanol–water partition coefficient (Wildman–Crippen LogP) is 0.229. The van der Waals surface area contributed by atoms with Crippen molar-refractivity contribution in [3.05, 3.63) is 29.8 Å². The van der Waals surface area contributed by atoms with Gasteiger partial charge >= 0.3 is 12.0 Å². The summed E-state index contributed by atoms with van der Waals surface area (Å²) in [5, 5.41) is 5.07. The number of hydrogen-bond donors (Lipinski definition) is 2. The Balaban J connectivity index is 1.58. The van der Waals surface area contributed by atoms with E-state index in [1.165, 1.54) is 0 Å². The highest BCUT2D eigenvalue weighted by Crippen LogP contribution is 2.17. The lowest BCUT2D eigenvalue weighted by Gasteiger charge is -2.11. The highest BCUT2D eigenvalue weighted by atomic mass is 16.5. The molecule has 27 heavy (non-hydrogen) atoms. The number of imide groups is 1. The van der Waals surface area contributed by atoms with Crippen molar-refractivity contribution in [2.24, 2.45) is 0 Å². The van der Waals surface area contributed by atoms with Crippen molar-refractivity contribution in [2.75, 3.05) is 33.4 Å². The van der Waals surface area contributed by atoms with Gasteiger partial charge < -0.3 is 20.1 Å². The molecule has 9 nitrogen and oxygen atoms in total. The van der Waals surface area contributed by atoms with Crippen LogP contribution in [-0.4, -0.2) is 62.1 Å². The van der Waals surface area contributed by atoms with Crippen LogP contribution in [0, 0.1) is 0 Å². The van der Waals surface area contributed by atoms with E-state index in [1.807, 2.05) is 24.3 Å². The zero-order chi connectivity index (χ0) is 19.6. The number of amides is 4. The molecule has 2 rings (SSSR count). The largest absolute Gasteiger partial charge is 0.496 e. The summed E-state index contributed by atoms with van der Waals surface area (Å²) in [5.74, 6) is -0.514. The molecule has 1 aliphatic heterocycles. The number of carbonyl (C=O) groups is 4. The van der Waals surface area contributed by atoms with Gasteiger partial charge in [-0.15, -0.1) is 0 Å². The number of para-hydroxylation sites is 1. The number of rotatable bonds is 10. The maximum Gasteiger partial charge on any atom is 0.324 e. The lowest BCUT2D eigenvalue weighted by molar-refractivity contribution is -0.148. The van der Waals surface area contributed by atoms with Gasteiger partial charge in [0, 0.05) is 19.5 Å². The predicted molar refractivity (Wildman–Crippen MR) is 95.0 cm³/mol. The van der Waals surface area contributed by atoms with Gasteiger partial charge in [0.15, 0.2) is 6.61 Å².